The molecule has 0 atom stereocenters. The van der Waals surface area contributed by atoms with Gasteiger partial charge in [-0.2, -0.15) is 0 Å². The molecule has 1 heterocycles. The van der Waals surface area contributed by atoms with Gasteiger partial charge >= 0.3 is 0 Å². The molecular formula is C15H19N3OS. The molecule has 0 fully saturated rings. The highest BCUT2D eigenvalue weighted by molar-refractivity contribution is 7.99. The first-order valence-corrected chi connectivity index (χ1v) is 7.59. The minimum Gasteiger partial charge on any atom is -0.309 e. The molecule has 106 valence electrons. The van der Waals surface area contributed by atoms with E-state index >= 15 is 0 Å². The predicted octanol–water partition coefficient (Wildman–Crippen LogP) is 3.22. The van der Waals surface area contributed by atoms with Gasteiger partial charge in [-0.15, -0.1) is 10.2 Å². The highest BCUT2D eigenvalue weighted by Gasteiger charge is 2.11. The van der Waals surface area contributed by atoms with Gasteiger partial charge in [-0.3, -0.25) is 4.79 Å². The molecule has 0 saturated carbocycles. The average Bonchev–Trinajstić information content (AvgIpc) is 2.76. The summed E-state index contributed by atoms with van der Waals surface area (Å²) in [5.41, 5.74) is 2.00. The van der Waals surface area contributed by atoms with Gasteiger partial charge in [-0.05, 0) is 18.4 Å². The third-order valence-electron chi connectivity index (χ3n) is 3.28. The number of thioether (sulfide) groups is 1. The lowest BCUT2D eigenvalue weighted by atomic mass is 10.0. The molecular weight excluding hydrogens is 270 g/mol. The Morgan fingerprint density at radius 3 is 2.40 bits per heavy atom. The summed E-state index contributed by atoms with van der Waals surface area (Å²) in [7, 11) is 1.90. The molecule has 0 aliphatic rings. The second kappa shape index (κ2) is 6.22. The normalized spacial score (nSPS) is 11.1. The van der Waals surface area contributed by atoms with Crippen molar-refractivity contribution in [3.05, 3.63) is 41.2 Å². The van der Waals surface area contributed by atoms with Crippen LogP contribution in [0.25, 0.3) is 0 Å². The number of benzene rings is 1. The van der Waals surface area contributed by atoms with Gasteiger partial charge in [0, 0.05) is 12.6 Å². The molecule has 1 aromatic heterocycles. The van der Waals surface area contributed by atoms with E-state index in [1.54, 1.807) is 0 Å². The van der Waals surface area contributed by atoms with Crippen molar-refractivity contribution < 1.29 is 4.79 Å². The summed E-state index contributed by atoms with van der Waals surface area (Å²) in [5, 5.41) is 8.79. The first-order valence-electron chi connectivity index (χ1n) is 6.61. The minimum atomic E-state index is 0.117. The van der Waals surface area contributed by atoms with E-state index in [0.717, 1.165) is 16.5 Å². The van der Waals surface area contributed by atoms with Crippen LogP contribution in [0.1, 0.15) is 41.5 Å². The molecule has 0 unspecified atom stereocenters. The van der Waals surface area contributed by atoms with Gasteiger partial charge in [0.25, 0.3) is 0 Å². The Morgan fingerprint density at radius 2 is 1.90 bits per heavy atom. The molecule has 0 spiro atoms. The average molecular weight is 289 g/mol. The quantitative estimate of drug-likeness (QED) is 0.626. The first-order chi connectivity index (χ1) is 9.49. The predicted molar refractivity (Wildman–Crippen MR) is 81.3 cm³/mol. The standard InChI is InChI=1S/C15H19N3OS/c1-10(2)12-5-7-13(8-6-12)14(19)9-20-15-17-16-11(3)18(15)4/h5-8,10H,9H2,1-4H3. The van der Waals surface area contributed by atoms with Crippen LogP contribution in [0.3, 0.4) is 0 Å². The van der Waals surface area contributed by atoms with Crippen LogP contribution in [0.5, 0.6) is 0 Å². The zero-order valence-electron chi connectivity index (χ0n) is 12.3. The SMILES string of the molecule is Cc1nnc(SCC(=O)c2ccc(C(C)C)cc2)n1C. The molecule has 0 N–H and O–H groups in total. The molecule has 0 aliphatic carbocycles. The van der Waals surface area contributed by atoms with Crippen LogP contribution in [0.2, 0.25) is 0 Å². The largest absolute Gasteiger partial charge is 0.309 e. The Kier molecular flexibility index (Phi) is 4.60. The van der Waals surface area contributed by atoms with Gasteiger partial charge in [0.1, 0.15) is 5.82 Å². The fourth-order valence-corrected chi connectivity index (χ4v) is 2.63. The van der Waals surface area contributed by atoms with E-state index in [2.05, 4.69) is 24.0 Å². The number of carbonyl (C=O) groups excluding carboxylic acids is 1. The molecule has 20 heavy (non-hydrogen) atoms. The number of carbonyl (C=O) groups is 1. The Labute approximate surface area is 123 Å². The molecule has 2 aromatic rings. The van der Waals surface area contributed by atoms with Gasteiger partial charge in [0.2, 0.25) is 0 Å². The number of ketones is 1. The van der Waals surface area contributed by atoms with Gasteiger partial charge < -0.3 is 4.57 Å². The van der Waals surface area contributed by atoms with Gasteiger partial charge in [-0.25, -0.2) is 0 Å². The van der Waals surface area contributed by atoms with Crippen LogP contribution >= 0.6 is 11.8 Å². The summed E-state index contributed by atoms with van der Waals surface area (Å²) >= 11 is 1.42. The van der Waals surface area contributed by atoms with Crippen molar-refractivity contribution in [2.24, 2.45) is 7.05 Å². The van der Waals surface area contributed by atoms with Crippen molar-refractivity contribution >= 4 is 17.5 Å². The van der Waals surface area contributed by atoms with Crippen LogP contribution < -0.4 is 0 Å². The van der Waals surface area contributed by atoms with Crippen molar-refractivity contribution in [1.82, 2.24) is 14.8 Å². The van der Waals surface area contributed by atoms with E-state index in [-0.39, 0.29) is 5.78 Å². The summed E-state index contributed by atoms with van der Waals surface area (Å²) in [4.78, 5) is 12.1. The molecule has 5 heteroatoms. The van der Waals surface area contributed by atoms with E-state index < -0.39 is 0 Å². The molecule has 4 nitrogen and oxygen atoms in total. The van der Waals surface area contributed by atoms with E-state index in [1.165, 1.54) is 17.3 Å². The lowest BCUT2D eigenvalue weighted by molar-refractivity contribution is 0.102. The maximum Gasteiger partial charge on any atom is 0.191 e. The Balaban J connectivity index is 2.00. The summed E-state index contributed by atoms with van der Waals surface area (Å²) in [6.45, 7) is 6.18. The zero-order valence-corrected chi connectivity index (χ0v) is 13.1. The van der Waals surface area contributed by atoms with Gasteiger partial charge in [-0.1, -0.05) is 49.9 Å². The number of hydrogen-bond donors (Lipinski definition) is 0. The second-order valence-corrected chi connectivity index (χ2v) is 6.02. The van der Waals surface area contributed by atoms with E-state index in [1.807, 2.05) is 42.8 Å². The summed E-state index contributed by atoms with van der Waals surface area (Å²) in [6.07, 6.45) is 0. The van der Waals surface area contributed by atoms with Crippen molar-refractivity contribution in [2.45, 2.75) is 31.8 Å². The van der Waals surface area contributed by atoms with E-state index in [0.29, 0.717) is 11.7 Å². The third-order valence-corrected chi connectivity index (χ3v) is 4.30. The van der Waals surface area contributed by atoms with Gasteiger partial charge in [0.05, 0.1) is 5.75 Å². The summed E-state index contributed by atoms with van der Waals surface area (Å²) in [6, 6.07) is 7.85. The first kappa shape index (κ1) is 14.8. The fourth-order valence-electron chi connectivity index (χ4n) is 1.78. The van der Waals surface area contributed by atoms with Crippen molar-refractivity contribution in [3.63, 3.8) is 0 Å². The smallest absolute Gasteiger partial charge is 0.191 e. The highest BCUT2D eigenvalue weighted by Crippen LogP contribution is 2.19. The molecule has 0 amide bonds. The fraction of sp³-hybridized carbons (Fsp3) is 0.400. The van der Waals surface area contributed by atoms with Crippen molar-refractivity contribution in [2.75, 3.05) is 5.75 Å². The monoisotopic (exact) mass is 289 g/mol. The van der Waals surface area contributed by atoms with E-state index in [4.69, 9.17) is 0 Å². The number of Topliss-reactive ketones (excluding diaryl/α,β-unsaturated/α-hetero) is 1. The number of rotatable bonds is 5. The maximum atomic E-state index is 12.1. The molecule has 1 aromatic carbocycles. The number of aryl methyl sites for hydroxylation is 1. The molecule has 0 saturated heterocycles. The maximum absolute atomic E-state index is 12.1. The topological polar surface area (TPSA) is 47.8 Å². The second-order valence-electron chi connectivity index (χ2n) is 5.08. The molecule has 0 aliphatic heterocycles. The minimum absolute atomic E-state index is 0.117. The third kappa shape index (κ3) is 3.28. The Bertz CT molecular complexity index is 602. The van der Waals surface area contributed by atoms with Crippen molar-refractivity contribution in [3.8, 4) is 0 Å². The summed E-state index contributed by atoms with van der Waals surface area (Å²) < 4.78 is 1.89. The van der Waals surface area contributed by atoms with Gasteiger partial charge in [0.15, 0.2) is 10.9 Å². The Hall–Kier alpha value is -1.62. The Morgan fingerprint density at radius 1 is 1.25 bits per heavy atom. The lowest BCUT2D eigenvalue weighted by Crippen LogP contribution is -2.04. The zero-order chi connectivity index (χ0) is 14.7. The van der Waals surface area contributed by atoms with Crippen molar-refractivity contribution in [1.29, 1.82) is 0 Å². The van der Waals surface area contributed by atoms with Crippen LogP contribution in [-0.2, 0) is 7.05 Å². The van der Waals surface area contributed by atoms with Crippen LogP contribution in [-0.4, -0.2) is 26.3 Å². The summed E-state index contributed by atoms with van der Waals surface area (Å²) in [5.74, 6) is 1.83. The number of hydrogen-bond acceptors (Lipinski definition) is 4. The highest BCUT2D eigenvalue weighted by atomic mass is 32.2. The molecule has 2 rings (SSSR count). The number of nitrogens with zero attached hydrogens (tertiary/aromatic N) is 3. The van der Waals surface area contributed by atoms with Crippen LogP contribution in [0.4, 0.5) is 0 Å². The van der Waals surface area contributed by atoms with E-state index in [9.17, 15) is 4.79 Å². The lowest BCUT2D eigenvalue weighted by Gasteiger charge is -2.06. The van der Waals surface area contributed by atoms with Crippen LogP contribution in [0.15, 0.2) is 29.4 Å². The van der Waals surface area contributed by atoms with Crippen LogP contribution in [0, 0.1) is 6.92 Å². The molecule has 0 radical (unpaired) electrons. The number of aromatic nitrogens is 3. The molecule has 0 bridgehead atoms.